The first-order valence-corrected chi connectivity index (χ1v) is 27.1. The summed E-state index contributed by atoms with van der Waals surface area (Å²) in [6, 6.07) is 15.3. The molecule has 5 heterocycles. The van der Waals surface area contributed by atoms with Crippen LogP contribution in [0.3, 0.4) is 0 Å². The predicted octanol–water partition coefficient (Wildman–Crippen LogP) is 2.89. The van der Waals surface area contributed by atoms with Crippen molar-refractivity contribution in [3.8, 4) is 0 Å². The molecule has 7 rings (SSSR count). The van der Waals surface area contributed by atoms with Crippen LogP contribution >= 0.6 is 23.5 Å². The van der Waals surface area contributed by atoms with Gasteiger partial charge in [0, 0.05) is 5.41 Å². The van der Waals surface area contributed by atoms with Crippen LogP contribution in [0.15, 0.2) is 66.9 Å². The molecule has 0 spiro atoms. The Kier molecular flexibility index (Phi) is 18.5. The highest BCUT2D eigenvalue weighted by Crippen LogP contribution is 2.47. The minimum Gasteiger partial charge on any atom is -0.377 e. The van der Waals surface area contributed by atoms with Gasteiger partial charge in [-0.25, -0.2) is 4.68 Å². The number of amides is 6. The lowest BCUT2D eigenvalue weighted by Gasteiger charge is -2.36. The van der Waals surface area contributed by atoms with Gasteiger partial charge in [0.2, 0.25) is 35.4 Å². The Bertz CT molecular complexity index is 2360. The molecular formula is C51H73N11O8S2. The summed E-state index contributed by atoms with van der Waals surface area (Å²) in [7, 11) is 3.39. The quantitative estimate of drug-likeness (QED) is 0.0844. The van der Waals surface area contributed by atoms with Crippen LogP contribution in [0.5, 0.6) is 0 Å². The standard InChI is InChI=1S/C51H73N11O8S2/c1-31(52-7)43(63)54-37-19-23-71-40-25-50(3,4)42(61(40)47(37)67)46(66)56-39(34-17-13-10-14-18-34)30-69-22-21-60-27-35(58-59-60)28-70-29-36(33-15-11-9-12-16-33)45(65)57-49-51(5,6)26-41-62(49)48(68)38(20-24-72-41)55-44(64)32(2)53-8/h9-18,27,31-32,36-42,49,52-53H,19-26,28-30H2,1-8H3,(H,54,63)(H,55,64)(H,56,66)(H,57,65)/t31-,32-,36+,37-,38-,39+,40-,41-,42+,49-/m0/s1. The van der Waals surface area contributed by atoms with Crippen LogP contribution in [-0.2, 0) is 51.4 Å². The normalized spacial score (nSPS) is 25.2. The van der Waals surface area contributed by atoms with Crippen molar-refractivity contribution in [1.82, 2.24) is 56.7 Å². The minimum atomic E-state index is -0.764. The molecule has 6 N–H and O–H groups in total. The molecule has 21 heteroatoms. The van der Waals surface area contributed by atoms with Crippen molar-refractivity contribution in [1.29, 1.82) is 0 Å². The van der Waals surface area contributed by atoms with Gasteiger partial charge in [-0.3, -0.25) is 28.8 Å². The van der Waals surface area contributed by atoms with Crippen molar-refractivity contribution in [2.24, 2.45) is 10.8 Å². The van der Waals surface area contributed by atoms with Gasteiger partial charge in [-0.1, -0.05) is 93.6 Å². The largest absolute Gasteiger partial charge is 0.377 e. The van der Waals surface area contributed by atoms with E-state index in [4.69, 9.17) is 9.47 Å². The maximum absolute atomic E-state index is 14.4. The Labute approximate surface area is 431 Å². The summed E-state index contributed by atoms with van der Waals surface area (Å²) in [6.45, 7) is 12.5. The Morgan fingerprint density at radius 3 is 1.88 bits per heavy atom. The first-order valence-electron chi connectivity index (χ1n) is 25.0. The van der Waals surface area contributed by atoms with Crippen molar-refractivity contribution < 1.29 is 38.2 Å². The Balaban J connectivity index is 0.945. The van der Waals surface area contributed by atoms with E-state index in [0.717, 1.165) is 11.1 Å². The highest BCUT2D eigenvalue weighted by molar-refractivity contribution is 8.00. The molecule has 4 aliphatic heterocycles. The van der Waals surface area contributed by atoms with Gasteiger partial charge >= 0.3 is 0 Å². The van der Waals surface area contributed by atoms with Gasteiger partial charge in [0.05, 0.1) is 74.0 Å². The number of benzene rings is 2. The highest BCUT2D eigenvalue weighted by Gasteiger charge is 2.55. The number of hydrogen-bond acceptors (Lipinski definition) is 14. The molecule has 1 aromatic heterocycles. The van der Waals surface area contributed by atoms with E-state index >= 15 is 0 Å². The van der Waals surface area contributed by atoms with E-state index in [1.807, 2.05) is 74.5 Å². The molecular weight excluding hydrogens is 959 g/mol. The topological polar surface area (TPSA) is 230 Å². The fourth-order valence-corrected chi connectivity index (χ4v) is 13.1. The van der Waals surface area contributed by atoms with E-state index in [1.165, 1.54) is 0 Å². The second kappa shape index (κ2) is 24.3. The Morgan fingerprint density at radius 2 is 1.28 bits per heavy atom. The first kappa shape index (κ1) is 54.7. The van der Waals surface area contributed by atoms with Crippen molar-refractivity contribution in [2.75, 3.05) is 45.4 Å². The number of rotatable bonds is 21. The molecule has 72 heavy (non-hydrogen) atoms. The molecule has 4 aliphatic rings. The lowest BCUT2D eigenvalue weighted by molar-refractivity contribution is -0.144. The van der Waals surface area contributed by atoms with Gasteiger partial charge in [0.15, 0.2) is 0 Å². The second-order valence-electron chi connectivity index (χ2n) is 20.6. The second-order valence-corrected chi connectivity index (χ2v) is 23.1. The van der Waals surface area contributed by atoms with Gasteiger partial charge in [0.1, 0.15) is 30.0 Å². The van der Waals surface area contributed by atoms with E-state index in [-0.39, 0.29) is 72.6 Å². The molecule has 4 fully saturated rings. The van der Waals surface area contributed by atoms with Crippen LogP contribution in [0.4, 0.5) is 0 Å². The number of ether oxygens (including phenoxy) is 2. The van der Waals surface area contributed by atoms with Crippen LogP contribution in [0.1, 0.15) is 96.0 Å². The minimum absolute atomic E-state index is 0.0365. The van der Waals surface area contributed by atoms with E-state index in [9.17, 15) is 28.8 Å². The molecule has 6 amide bonds. The van der Waals surface area contributed by atoms with E-state index in [0.29, 0.717) is 49.4 Å². The molecule has 10 atom stereocenters. The van der Waals surface area contributed by atoms with Crippen molar-refractivity contribution in [3.05, 3.63) is 83.7 Å². The monoisotopic (exact) mass is 1030 g/mol. The highest BCUT2D eigenvalue weighted by atomic mass is 32.2. The number of carbonyl (C=O) groups is 6. The van der Waals surface area contributed by atoms with Crippen molar-refractivity contribution in [2.45, 2.75) is 139 Å². The third-order valence-electron chi connectivity index (χ3n) is 14.3. The zero-order chi connectivity index (χ0) is 51.7. The van der Waals surface area contributed by atoms with E-state index in [2.05, 4.69) is 56.1 Å². The average molecular weight is 1030 g/mol. The number of likely N-dealkylation sites (N-methyl/N-ethyl adjacent to an activating group) is 2. The summed E-state index contributed by atoms with van der Waals surface area (Å²) in [5, 5.41) is 26.4. The maximum Gasteiger partial charge on any atom is 0.247 e. The van der Waals surface area contributed by atoms with Crippen LogP contribution in [0.25, 0.3) is 0 Å². The van der Waals surface area contributed by atoms with Gasteiger partial charge in [-0.2, -0.15) is 0 Å². The van der Waals surface area contributed by atoms with E-state index in [1.54, 1.807) is 72.1 Å². The third-order valence-corrected chi connectivity index (χ3v) is 16.8. The number of aromatic nitrogens is 3. The lowest BCUT2D eigenvalue weighted by Crippen LogP contribution is -2.59. The molecule has 19 nitrogen and oxygen atoms in total. The van der Waals surface area contributed by atoms with Gasteiger partial charge in [-0.15, -0.1) is 28.6 Å². The summed E-state index contributed by atoms with van der Waals surface area (Å²) < 4.78 is 14.0. The van der Waals surface area contributed by atoms with Crippen LogP contribution in [0, 0.1) is 10.8 Å². The van der Waals surface area contributed by atoms with Crippen LogP contribution in [0.2, 0.25) is 0 Å². The lowest BCUT2D eigenvalue weighted by atomic mass is 9.83. The molecule has 0 bridgehead atoms. The predicted molar refractivity (Wildman–Crippen MR) is 276 cm³/mol. The molecule has 0 aliphatic carbocycles. The average Bonchev–Trinajstić information content (AvgIpc) is 3.94. The van der Waals surface area contributed by atoms with Gasteiger partial charge in [0.25, 0.3) is 0 Å². The SMILES string of the molecule is CN[C@@H](C)C(=O)N[C@H]1CCS[C@H]2CC(C)(C)[C@@H](NC(=O)[C@H](COCc3cn(CCOC[C@@H](NC(=O)[C@H]4N5C(=O)[C@@H](NC(=O)[C@H](C)NC)CCS[C@H]5CC4(C)C)c4ccccc4)nn3)c3ccccc3)N2C1=O. The third kappa shape index (κ3) is 13.0. The molecule has 0 unspecified atom stereocenters. The van der Waals surface area contributed by atoms with Crippen LogP contribution in [-0.4, -0.2) is 153 Å². The van der Waals surface area contributed by atoms with Gasteiger partial charge in [-0.05, 0) is 81.7 Å². The summed E-state index contributed by atoms with van der Waals surface area (Å²) in [5.41, 5.74) is 1.19. The first-order chi connectivity index (χ1) is 34.4. The molecule has 0 saturated carbocycles. The zero-order valence-corrected chi connectivity index (χ0v) is 44.4. The smallest absolute Gasteiger partial charge is 0.247 e. The molecule has 2 aromatic carbocycles. The molecule has 0 radical (unpaired) electrons. The number of thioether (sulfide) groups is 2. The Hall–Kier alpha value is -5.06. The maximum atomic E-state index is 14.4. The molecule has 3 aromatic rings. The molecule has 4 saturated heterocycles. The number of nitrogens with one attached hydrogen (secondary N) is 6. The van der Waals surface area contributed by atoms with Crippen molar-refractivity contribution >= 4 is 59.0 Å². The van der Waals surface area contributed by atoms with Crippen LogP contribution < -0.4 is 31.9 Å². The zero-order valence-electron chi connectivity index (χ0n) is 42.7. The fraction of sp³-hybridized carbons (Fsp3) is 0.608. The summed E-state index contributed by atoms with van der Waals surface area (Å²) in [6.07, 6.45) is 3.45. The molecule has 392 valence electrons. The fourth-order valence-electron chi connectivity index (χ4n) is 9.90. The van der Waals surface area contributed by atoms with Crippen molar-refractivity contribution in [3.63, 3.8) is 0 Å². The van der Waals surface area contributed by atoms with E-state index < -0.39 is 59.2 Å². The number of nitrogens with zero attached hydrogens (tertiary/aromatic N) is 5. The van der Waals surface area contributed by atoms with Gasteiger partial charge < -0.3 is 51.2 Å². The number of hydrogen-bond donors (Lipinski definition) is 6. The number of fused-ring (bicyclic) bond motifs is 2. The summed E-state index contributed by atoms with van der Waals surface area (Å²) in [5.74, 6) is -0.857. The Morgan fingerprint density at radius 1 is 0.722 bits per heavy atom. The summed E-state index contributed by atoms with van der Waals surface area (Å²) >= 11 is 3.32. The summed E-state index contributed by atoms with van der Waals surface area (Å²) in [4.78, 5) is 86.3. The number of carbonyl (C=O) groups excluding carboxylic acids is 6.